The van der Waals surface area contributed by atoms with Crippen LogP contribution in [0.3, 0.4) is 0 Å². The van der Waals surface area contributed by atoms with Gasteiger partial charge in [0.05, 0.1) is 5.56 Å². The Bertz CT molecular complexity index is 655. The van der Waals surface area contributed by atoms with E-state index in [0.717, 1.165) is 0 Å². The second-order valence-corrected chi connectivity index (χ2v) is 4.34. The van der Waals surface area contributed by atoms with Crippen LogP contribution in [0, 0.1) is 0 Å². The van der Waals surface area contributed by atoms with E-state index in [2.05, 4.69) is 10.9 Å². The number of hydrogen-bond acceptors (Lipinski definition) is 4. The largest absolute Gasteiger partial charge is 0.437 e. The predicted molar refractivity (Wildman–Crippen MR) is 71.6 cm³/mol. The van der Waals surface area contributed by atoms with E-state index >= 15 is 0 Å². The Hall–Kier alpha value is -2.66. The number of hydrogen-bond donors (Lipinski definition) is 2. The zero-order chi connectivity index (χ0) is 13.9. The monoisotopic (exact) mass is 268 g/mol. The number of amides is 1. The molecule has 1 aliphatic rings. The predicted octanol–water partition coefficient (Wildman–Crippen LogP) is 1.79. The molecule has 3 rings (SSSR count). The molecular formula is C15H12N2O3. The summed E-state index contributed by atoms with van der Waals surface area (Å²) in [6.45, 7) is 0. The summed E-state index contributed by atoms with van der Waals surface area (Å²) < 4.78 is 5.15. The van der Waals surface area contributed by atoms with Crippen LogP contribution in [-0.4, -0.2) is 11.9 Å². The molecule has 1 aliphatic heterocycles. The summed E-state index contributed by atoms with van der Waals surface area (Å²) in [5, 5.41) is 0. The summed E-state index contributed by atoms with van der Waals surface area (Å²) in [6.07, 6.45) is -0.661. The zero-order valence-corrected chi connectivity index (χ0v) is 10.5. The smallest absolute Gasteiger partial charge is 0.340 e. The molecule has 0 saturated carbocycles. The Balaban J connectivity index is 1.69. The van der Waals surface area contributed by atoms with Crippen molar-refractivity contribution in [3.8, 4) is 0 Å². The van der Waals surface area contributed by atoms with Gasteiger partial charge in [-0.15, -0.1) is 0 Å². The van der Waals surface area contributed by atoms with E-state index in [0.29, 0.717) is 16.7 Å². The van der Waals surface area contributed by atoms with Gasteiger partial charge in [0, 0.05) is 11.1 Å². The van der Waals surface area contributed by atoms with Gasteiger partial charge in [0.15, 0.2) is 6.23 Å². The van der Waals surface area contributed by atoms with Gasteiger partial charge in [-0.3, -0.25) is 10.2 Å². The molecular weight excluding hydrogens is 256 g/mol. The first-order valence-electron chi connectivity index (χ1n) is 6.16. The fourth-order valence-electron chi connectivity index (χ4n) is 2.05. The van der Waals surface area contributed by atoms with Crippen molar-refractivity contribution in [1.29, 1.82) is 0 Å². The van der Waals surface area contributed by atoms with Crippen LogP contribution in [0.4, 0.5) is 0 Å². The number of nitrogens with one attached hydrogen (secondary N) is 2. The molecule has 2 aromatic rings. The Morgan fingerprint density at radius 1 is 1.00 bits per heavy atom. The zero-order valence-electron chi connectivity index (χ0n) is 10.5. The molecule has 20 heavy (non-hydrogen) atoms. The standard InChI is InChI=1S/C15H12N2O3/c18-13(10-6-2-1-3-7-10)16-17-14-11-8-4-5-9-12(11)15(19)20-14/h1-9,14,17H,(H,16,18)/t14-/m0/s1. The summed E-state index contributed by atoms with van der Waals surface area (Å²) in [6, 6.07) is 15.8. The molecule has 1 amide bonds. The van der Waals surface area contributed by atoms with Crippen LogP contribution in [0.1, 0.15) is 32.5 Å². The molecule has 1 heterocycles. The van der Waals surface area contributed by atoms with Crippen LogP contribution in [-0.2, 0) is 4.74 Å². The Labute approximate surface area is 115 Å². The number of carbonyl (C=O) groups is 2. The van der Waals surface area contributed by atoms with Crippen molar-refractivity contribution in [2.75, 3.05) is 0 Å². The summed E-state index contributed by atoms with van der Waals surface area (Å²) in [7, 11) is 0. The number of cyclic esters (lactones) is 1. The fraction of sp³-hybridized carbons (Fsp3) is 0.0667. The van der Waals surface area contributed by atoms with Gasteiger partial charge in [-0.25, -0.2) is 4.79 Å². The lowest BCUT2D eigenvalue weighted by Gasteiger charge is -2.13. The van der Waals surface area contributed by atoms with Crippen LogP contribution < -0.4 is 10.9 Å². The average Bonchev–Trinajstić information content (AvgIpc) is 2.83. The van der Waals surface area contributed by atoms with E-state index in [1.165, 1.54) is 0 Å². The number of rotatable bonds is 3. The van der Waals surface area contributed by atoms with Crippen molar-refractivity contribution in [3.05, 3.63) is 71.3 Å². The van der Waals surface area contributed by atoms with Crippen LogP contribution in [0.15, 0.2) is 54.6 Å². The number of fused-ring (bicyclic) bond motifs is 1. The molecule has 2 N–H and O–H groups in total. The van der Waals surface area contributed by atoms with Crippen LogP contribution in [0.5, 0.6) is 0 Å². The molecule has 0 spiro atoms. The molecule has 0 saturated heterocycles. The lowest BCUT2D eigenvalue weighted by molar-refractivity contribution is 0.0261. The second kappa shape index (κ2) is 5.14. The normalized spacial score (nSPS) is 16.4. The van der Waals surface area contributed by atoms with Crippen LogP contribution >= 0.6 is 0 Å². The van der Waals surface area contributed by atoms with Gasteiger partial charge >= 0.3 is 5.97 Å². The number of ether oxygens (including phenoxy) is 1. The minimum atomic E-state index is -0.661. The molecule has 5 heteroatoms. The third-order valence-electron chi connectivity index (χ3n) is 3.04. The molecule has 0 fully saturated rings. The Morgan fingerprint density at radius 3 is 2.50 bits per heavy atom. The third-order valence-corrected chi connectivity index (χ3v) is 3.04. The number of esters is 1. The summed E-state index contributed by atoms with van der Waals surface area (Å²) in [4.78, 5) is 23.5. The maximum atomic E-state index is 11.9. The van der Waals surface area contributed by atoms with E-state index < -0.39 is 12.2 Å². The second-order valence-electron chi connectivity index (χ2n) is 4.34. The van der Waals surface area contributed by atoms with Crippen molar-refractivity contribution in [3.63, 3.8) is 0 Å². The van der Waals surface area contributed by atoms with E-state index in [9.17, 15) is 9.59 Å². The number of carbonyl (C=O) groups excluding carboxylic acids is 2. The molecule has 0 bridgehead atoms. The van der Waals surface area contributed by atoms with Crippen LogP contribution in [0.2, 0.25) is 0 Å². The lowest BCUT2D eigenvalue weighted by atomic mass is 10.1. The number of benzene rings is 2. The molecule has 100 valence electrons. The van der Waals surface area contributed by atoms with Crippen molar-refractivity contribution in [1.82, 2.24) is 10.9 Å². The molecule has 0 aliphatic carbocycles. The fourth-order valence-corrected chi connectivity index (χ4v) is 2.05. The third kappa shape index (κ3) is 2.26. The first kappa shape index (κ1) is 12.4. The highest BCUT2D eigenvalue weighted by Crippen LogP contribution is 2.27. The minimum Gasteiger partial charge on any atom is -0.437 e. The quantitative estimate of drug-likeness (QED) is 0.658. The van der Waals surface area contributed by atoms with E-state index in [4.69, 9.17) is 4.74 Å². The van der Waals surface area contributed by atoms with Crippen molar-refractivity contribution in [2.24, 2.45) is 0 Å². The van der Waals surface area contributed by atoms with Gasteiger partial charge in [0.25, 0.3) is 5.91 Å². The van der Waals surface area contributed by atoms with E-state index in [1.807, 2.05) is 12.1 Å². The van der Waals surface area contributed by atoms with Gasteiger partial charge < -0.3 is 4.74 Å². The highest BCUT2D eigenvalue weighted by molar-refractivity contribution is 5.95. The highest BCUT2D eigenvalue weighted by atomic mass is 16.6. The average molecular weight is 268 g/mol. The minimum absolute atomic E-state index is 0.286. The Kier molecular flexibility index (Phi) is 3.18. The summed E-state index contributed by atoms with van der Waals surface area (Å²) >= 11 is 0. The molecule has 1 atom stereocenters. The topological polar surface area (TPSA) is 67.4 Å². The molecule has 0 aromatic heterocycles. The maximum Gasteiger partial charge on any atom is 0.340 e. The highest BCUT2D eigenvalue weighted by Gasteiger charge is 2.30. The number of hydrazine groups is 1. The maximum absolute atomic E-state index is 11.9. The molecule has 0 radical (unpaired) electrons. The van der Waals surface area contributed by atoms with Gasteiger partial charge in [-0.2, -0.15) is 5.43 Å². The van der Waals surface area contributed by atoms with Crippen molar-refractivity contribution >= 4 is 11.9 Å². The van der Waals surface area contributed by atoms with Crippen LogP contribution in [0.25, 0.3) is 0 Å². The SMILES string of the molecule is O=C(NN[C@H]1OC(=O)c2ccccc21)c1ccccc1. The van der Waals surface area contributed by atoms with Gasteiger partial charge in [0.1, 0.15) is 0 Å². The lowest BCUT2D eigenvalue weighted by Crippen LogP contribution is -2.40. The first-order valence-corrected chi connectivity index (χ1v) is 6.16. The van der Waals surface area contributed by atoms with E-state index in [-0.39, 0.29) is 5.91 Å². The Morgan fingerprint density at radius 2 is 1.70 bits per heavy atom. The van der Waals surface area contributed by atoms with Crippen molar-refractivity contribution in [2.45, 2.75) is 6.23 Å². The van der Waals surface area contributed by atoms with Gasteiger partial charge in [0.2, 0.25) is 0 Å². The van der Waals surface area contributed by atoms with Gasteiger partial charge in [-0.05, 0) is 18.2 Å². The molecule has 2 aromatic carbocycles. The van der Waals surface area contributed by atoms with Gasteiger partial charge in [-0.1, -0.05) is 36.4 Å². The van der Waals surface area contributed by atoms with E-state index in [1.54, 1.807) is 42.5 Å². The summed E-state index contributed by atoms with van der Waals surface area (Å²) in [5.41, 5.74) is 7.01. The van der Waals surface area contributed by atoms with Crippen molar-refractivity contribution < 1.29 is 14.3 Å². The summed E-state index contributed by atoms with van der Waals surface area (Å²) in [5.74, 6) is -0.682. The first-order chi connectivity index (χ1) is 9.75. The molecule has 5 nitrogen and oxygen atoms in total. The molecule has 0 unspecified atom stereocenters.